The summed E-state index contributed by atoms with van der Waals surface area (Å²) in [7, 11) is -3.46. The largest absolute Gasteiger partial charge is 0.328 e. The molecule has 1 saturated carbocycles. The zero-order valence-corrected chi connectivity index (χ0v) is 23.3. The lowest BCUT2D eigenvalue weighted by atomic mass is 9.85. The fourth-order valence-corrected chi connectivity index (χ4v) is 6.36. The van der Waals surface area contributed by atoms with Gasteiger partial charge in [-0.2, -0.15) is 0 Å². The van der Waals surface area contributed by atoms with Crippen molar-refractivity contribution in [2.24, 2.45) is 11.8 Å². The van der Waals surface area contributed by atoms with Crippen molar-refractivity contribution in [1.29, 1.82) is 0 Å². The molecule has 6 nitrogen and oxygen atoms in total. The van der Waals surface area contributed by atoms with Crippen LogP contribution in [0.15, 0.2) is 53.4 Å². The Labute approximate surface area is 222 Å². The second-order valence-electron chi connectivity index (χ2n) is 10.9. The van der Waals surface area contributed by atoms with Gasteiger partial charge in [-0.15, -0.1) is 0 Å². The first-order valence-electron chi connectivity index (χ1n) is 13.6. The van der Waals surface area contributed by atoms with Gasteiger partial charge in [0.05, 0.1) is 16.7 Å². The molecule has 0 saturated heterocycles. The molecule has 202 valence electrons. The van der Waals surface area contributed by atoms with E-state index >= 15 is 0 Å². The van der Waals surface area contributed by atoms with Crippen molar-refractivity contribution >= 4 is 27.3 Å². The van der Waals surface area contributed by atoms with Gasteiger partial charge in [-0.1, -0.05) is 82.2 Å². The van der Waals surface area contributed by atoms with Crippen molar-refractivity contribution in [3.63, 3.8) is 0 Å². The number of benzene rings is 2. The maximum atomic E-state index is 12.9. The molecule has 2 aromatic rings. The van der Waals surface area contributed by atoms with E-state index in [2.05, 4.69) is 10.6 Å². The molecule has 37 heavy (non-hydrogen) atoms. The van der Waals surface area contributed by atoms with E-state index in [1.807, 2.05) is 20.8 Å². The Morgan fingerprint density at radius 1 is 0.946 bits per heavy atom. The van der Waals surface area contributed by atoms with E-state index in [1.165, 1.54) is 32.1 Å². The maximum absolute atomic E-state index is 12.9. The lowest BCUT2D eigenvalue weighted by Crippen LogP contribution is -2.43. The average molecular weight is 527 g/mol. The van der Waals surface area contributed by atoms with Crippen LogP contribution in [0.4, 0.5) is 10.5 Å². The molecule has 0 aromatic heterocycles. The van der Waals surface area contributed by atoms with Crippen LogP contribution < -0.4 is 10.6 Å². The summed E-state index contributed by atoms with van der Waals surface area (Å²) in [6, 6.07) is 12.6. The highest BCUT2D eigenvalue weighted by Gasteiger charge is 2.23. The van der Waals surface area contributed by atoms with Crippen LogP contribution in [0.3, 0.4) is 0 Å². The second-order valence-corrected chi connectivity index (χ2v) is 12.9. The highest BCUT2D eigenvalue weighted by molar-refractivity contribution is 7.90. The minimum absolute atomic E-state index is 0.0938. The van der Waals surface area contributed by atoms with Crippen LogP contribution in [0.2, 0.25) is 0 Å². The molecule has 7 heteroatoms. The molecule has 2 N–H and O–H groups in total. The number of ketones is 1. The minimum Gasteiger partial charge on any atom is -0.328 e. The van der Waals surface area contributed by atoms with E-state index in [0.717, 1.165) is 24.3 Å². The number of urea groups is 1. The topological polar surface area (TPSA) is 92.3 Å². The molecule has 2 amide bonds. The fourth-order valence-electron chi connectivity index (χ4n) is 5.02. The predicted molar refractivity (Wildman–Crippen MR) is 149 cm³/mol. The van der Waals surface area contributed by atoms with Crippen LogP contribution in [0.1, 0.15) is 82.8 Å². The molecule has 0 aliphatic heterocycles. The van der Waals surface area contributed by atoms with Gasteiger partial charge in [-0.25, -0.2) is 13.2 Å². The van der Waals surface area contributed by atoms with Crippen LogP contribution in [0, 0.1) is 18.8 Å². The van der Waals surface area contributed by atoms with E-state index in [1.54, 1.807) is 48.5 Å². The number of rotatable bonds is 12. The quantitative estimate of drug-likeness (QED) is 0.317. The monoisotopic (exact) mass is 526 g/mol. The Balaban J connectivity index is 1.52. The van der Waals surface area contributed by atoms with E-state index in [0.29, 0.717) is 29.0 Å². The summed E-state index contributed by atoms with van der Waals surface area (Å²) in [5.74, 6) is 1.00. The lowest BCUT2D eigenvalue weighted by molar-refractivity contribution is -0.121. The first-order valence-corrected chi connectivity index (χ1v) is 15.3. The Kier molecular flexibility index (Phi) is 10.7. The van der Waals surface area contributed by atoms with Crippen molar-refractivity contribution in [3.05, 3.63) is 59.7 Å². The van der Waals surface area contributed by atoms with Gasteiger partial charge in [0.1, 0.15) is 0 Å². The number of hydrogen-bond acceptors (Lipinski definition) is 4. The van der Waals surface area contributed by atoms with Crippen molar-refractivity contribution in [2.45, 2.75) is 95.2 Å². The van der Waals surface area contributed by atoms with E-state index in [-0.39, 0.29) is 17.5 Å². The zero-order valence-electron chi connectivity index (χ0n) is 22.5. The molecule has 1 aliphatic carbocycles. The Hall–Kier alpha value is -2.67. The van der Waals surface area contributed by atoms with Crippen LogP contribution >= 0.6 is 0 Å². The summed E-state index contributed by atoms with van der Waals surface area (Å²) in [6.45, 7) is 6.01. The normalized spacial score (nSPS) is 15.4. The number of Topliss-reactive ketones (excluding diaryl/α,β-unsaturated/α-hetero) is 1. The molecular weight excluding hydrogens is 484 g/mol. The molecule has 0 heterocycles. The molecule has 3 rings (SSSR count). The summed E-state index contributed by atoms with van der Waals surface area (Å²) in [5.41, 5.74) is 2.18. The van der Waals surface area contributed by atoms with Crippen LogP contribution in [-0.2, 0) is 20.4 Å². The summed E-state index contributed by atoms with van der Waals surface area (Å²) in [4.78, 5) is 25.9. The van der Waals surface area contributed by atoms with Crippen LogP contribution in [-0.4, -0.2) is 26.3 Å². The van der Waals surface area contributed by atoms with E-state index in [4.69, 9.17) is 0 Å². The molecular formula is C30H42N2O4S. The number of nitrogens with one attached hydrogen (secondary N) is 2. The molecule has 1 fully saturated rings. The number of hydrogen-bond donors (Lipinski definition) is 2. The van der Waals surface area contributed by atoms with Gasteiger partial charge in [0.25, 0.3) is 0 Å². The van der Waals surface area contributed by atoms with Crippen LogP contribution in [0.25, 0.3) is 0 Å². The summed E-state index contributed by atoms with van der Waals surface area (Å²) < 4.78 is 25.4. The van der Waals surface area contributed by atoms with Crippen molar-refractivity contribution in [1.82, 2.24) is 5.32 Å². The smallest absolute Gasteiger partial charge is 0.319 e. The third-order valence-corrected chi connectivity index (χ3v) is 8.81. The van der Waals surface area contributed by atoms with Gasteiger partial charge >= 0.3 is 6.03 Å². The maximum Gasteiger partial charge on any atom is 0.319 e. The Bertz CT molecular complexity index is 1120. The number of anilines is 1. The highest BCUT2D eigenvalue weighted by atomic mass is 32.2. The highest BCUT2D eigenvalue weighted by Crippen LogP contribution is 2.28. The van der Waals surface area contributed by atoms with Gasteiger partial charge in [0.2, 0.25) is 0 Å². The average Bonchev–Trinajstić information content (AvgIpc) is 2.85. The second kappa shape index (κ2) is 13.8. The van der Waals surface area contributed by atoms with E-state index in [9.17, 15) is 18.0 Å². The van der Waals surface area contributed by atoms with Crippen LogP contribution in [0.5, 0.6) is 0 Å². The van der Waals surface area contributed by atoms with Crippen molar-refractivity contribution < 1.29 is 18.0 Å². The number of amides is 2. The minimum atomic E-state index is -3.46. The zero-order chi connectivity index (χ0) is 26.8. The predicted octanol–water partition coefficient (Wildman–Crippen LogP) is 6.82. The molecule has 1 aliphatic rings. The fraction of sp³-hybridized carbons (Fsp3) is 0.533. The molecule has 0 spiro atoms. The molecule has 2 aromatic carbocycles. The standard InChI is InChI=1S/C30H42N2O4S/c1-22(2)20-28(29(33)11-7-10-24-8-5-4-6-9-24)32-30(34)31-26-16-14-25(15-17-26)21-37(35,36)27-18-12-23(3)13-19-27/h12-19,22,24,28H,4-11,20-21H2,1-3H3,(H2,31,32,34)/t28-/m1/s1. The summed E-state index contributed by atoms with van der Waals surface area (Å²) >= 11 is 0. The molecule has 0 unspecified atom stereocenters. The molecule has 1 atom stereocenters. The van der Waals surface area contributed by atoms with Gasteiger partial charge in [-0.3, -0.25) is 4.79 Å². The van der Waals surface area contributed by atoms with Gasteiger partial charge < -0.3 is 10.6 Å². The Morgan fingerprint density at radius 3 is 2.22 bits per heavy atom. The lowest BCUT2D eigenvalue weighted by Gasteiger charge is -2.22. The van der Waals surface area contributed by atoms with Crippen molar-refractivity contribution in [2.75, 3.05) is 5.32 Å². The third-order valence-electron chi connectivity index (χ3n) is 7.11. The van der Waals surface area contributed by atoms with Gasteiger partial charge in [0.15, 0.2) is 15.6 Å². The number of carbonyl (C=O) groups is 2. The SMILES string of the molecule is Cc1ccc(S(=O)(=O)Cc2ccc(NC(=O)N[C@H](CC(C)C)C(=O)CCCC3CCCCC3)cc2)cc1. The summed E-state index contributed by atoms with van der Waals surface area (Å²) in [5, 5.41) is 5.65. The van der Waals surface area contributed by atoms with E-state index < -0.39 is 21.9 Å². The first-order chi connectivity index (χ1) is 17.6. The number of sulfone groups is 1. The summed E-state index contributed by atoms with van der Waals surface area (Å²) in [6.07, 6.45) is 9.58. The molecule has 0 bridgehead atoms. The first kappa shape index (κ1) is 28.9. The van der Waals surface area contributed by atoms with Crippen molar-refractivity contribution in [3.8, 4) is 0 Å². The molecule has 0 radical (unpaired) electrons. The third kappa shape index (κ3) is 9.62. The van der Waals surface area contributed by atoms with Gasteiger partial charge in [-0.05, 0) is 61.4 Å². The Morgan fingerprint density at radius 2 is 1.59 bits per heavy atom. The van der Waals surface area contributed by atoms with Gasteiger partial charge in [0, 0.05) is 12.1 Å². The number of carbonyl (C=O) groups excluding carboxylic acids is 2. The number of aryl methyl sites for hydroxylation is 1.